The summed E-state index contributed by atoms with van der Waals surface area (Å²) in [6.07, 6.45) is 7.02. The summed E-state index contributed by atoms with van der Waals surface area (Å²) >= 11 is 0. The molecule has 0 spiro atoms. The van der Waals surface area contributed by atoms with Gasteiger partial charge in [-0.15, -0.1) is 0 Å². The molecular formula is C24H47N5O2. The van der Waals surface area contributed by atoms with Gasteiger partial charge in [0.25, 0.3) is 0 Å². The van der Waals surface area contributed by atoms with E-state index in [9.17, 15) is 4.79 Å². The molecule has 0 bridgehead atoms. The first-order valence-corrected chi connectivity index (χ1v) is 11.9. The van der Waals surface area contributed by atoms with E-state index in [1.54, 1.807) is 13.3 Å². The number of hydrogen-bond donors (Lipinski definition) is 3. The second-order valence-corrected chi connectivity index (χ2v) is 9.35. The third-order valence-corrected chi connectivity index (χ3v) is 6.28. The lowest BCUT2D eigenvalue weighted by molar-refractivity contribution is -0.137. The van der Waals surface area contributed by atoms with E-state index in [1.165, 1.54) is 0 Å². The summed E-state index contributed by atoms with van der Waals surface area (Å²) < 4.78 is 5.18. The van der Waals surface area contributed by atoms with Gasteiger partial charge >= 0.3 is 0 Å². The van der Waals surface area contributed by atoms with E-state index in [-0.39, 0.29) is 11.8 Å². The zero-order valence-electron chi connectivity index (χ0n) is 20.6. The monoisotopic (exact) mass is 437 g/mol. The Balaban J connectivity index is 2.60. The number of carbonyl (C=O) groups excluding carboxylic acids is 1. The number of carbonyl (C=O) groups is 1. The molecule has 0 aromatic rings. The highest BCUT2D eigenvalue weighted by Crippen LogP contribution is 2.32. The maximum Gasteiger partial charge on any atom is 0.225 e. The van der Waals surface area contributed by atoms with Gasteiger partial charge in [0.2, 0.25) is 5.91 Å². The zero-order valence-corrected chi connectivity index (χ0v) is 20.6. The number of ether oxygens (including phenoxy) is 1. The minimum Gasteiger partial charge on any atom is -0.404 e. The Morgan fingerprint density at radius 3 is 2.39 bits per heavy atom. The lowest BCUT2D eigenvalue weighted by Gasteiger charge is -2.33. The highest BCUT2D eigenvalue weighted by molar-refractivity contribution is 5.99. The smallest absolute Gasteiger partial charge is 0.225 e. The highest BCUT2D eigenvalue weighted by Gasteiger charge is 2.31. The van der Waals surface area contributed by atoms with Crippen molar-refractivity contribution < 1.29 is 9.53 Å². The van der Waals surface area contributed by atoms with Crippen LogP contribution in [0.2, 0.25) is 0 Å². The van der Waals surface area contributed by atoms with E-state index < -0.39 is 0 Å². The molecule has 1 aliphatic rings. The van der Waals surface area contributed by atoms with Crippen molar-refractivity contribution >= 4 is 11.6 Å². The van der Waals surface area contributed by atoms with Crippen molar-refractivity contribution in [2.75, 3.05) is 60.5 Å². The van der Waals surface area contributed by atoms with Crippen molar-refractivity contribution in [1.82, 2.24) is 15.1 Å². The Labute approximate surface area is 190 Å². The molecule has 1 fully saturated rings. The van der Waals surface area contributed by atoms with Gasteiger partial charge in [0, 0.05) is 75.8 Å². The fourth-order valence-corrected chi connectivity index (χ4v) is 4.20. The van der Waals surface area contributed by atoms with Crippen molar-refractivity contribution in [3.05, 3.63) is 11.8 Å². The molecule has 0 aromatic heterocycles. The Morgan fingerprint density at radius 1 is 1.19 bits per heavy atom. The van der Waals surface area contributed by atoms with Crippen molar-refractivity contribution in [1.29, 1.82) is 5.41 Å². The van der Waals surface area contributed by atoms with Crippen LogP contribution in [0.3, 0.4) is 0 Å². The summed E-state index contributed by atoms with van der Waals surface area (Å²) in [5.74, 6) is 1.17. The molecule has 4 N–H and O–H groups in total. The van der Waals surface area contributed by atoms with Gasteiger partial charge in [0.1, 0.15) is 0 Å². The average molecular weight is 438 g/mol. The standard InChI is InChI=1S/C24H47N5O2/c1-19(2)11-14-29(13-6-16-31-5)24(30)21-9-7-20(8-10-21)23(26)22(17-25)18-28(4)15-12-27-3/h17,19-21,26-27H,6-16,18,25H2,1-5H3/b22-17-,26-23?. The molecule has 7 heteroatoms. The molecule has 0 saturated heterocycles. The van der Waals surface area contributed by atoms with Crippen LogP contribution in [0.25, 0.3) is 0 Å². The van der Waals surface area contributed by atoms with Crippen LogP contribution < -0.4 is 11.1 Å². The van der Waals surface area contributed by atoms with Gasteiger partial charge in [0.15, 0.2) is 0 Å². The molecule has 7 nitrogen and oxygen atoms in total. The molecule has 1 rings (SSSR count). The molecule has 0 unspecified atom stereocenters. The maximum absolute atomic E-state index is 13.2. The molecular weight excluding hydrogens is 390 g/mol. The normalized spacial score (nSPS) is 19.8. The van der Waals surface area contributed by atoms with Crippen LogP contribution in [0, 0.1) is 23.2 Å². The topological polar surface area (TPSA) is 94.7 Å². The Bertz CT molecular complexity index is 556. The summed E-state index contributed by atoms with van der Waals surface area (Å²) in [6, 6.07) is 0. The van der Waals surface area contributed by atoms with Crippen molar-refractivity contribution in [3.8, 4) is 0 Å². The van der Waals surface area contributed by atoms with Gasteiger partial charge in [0.05, 0.1) is 0 Å². The van der Waals surface area contributed by atoms with Crippen LogP contribution in [0.15, 0.2) is 11.8 Å². The van der Waals surface area contributed by atoms with Gasteiger partial charge in [-0.05, 0) is 58.5 Å². The molecule has 0 heterocycles. The first-order chi connectivity index (χ1) is 14.8. The summed E-state index contributed by atoms with van der Waals surface area (Å²) in [4.78, 5) is 17.4. The molecule has 31 heavy (non-hydrogen) atoms. The first kappa shape index (κ1) is 27.6. The fourth-order valence-electron chi connectivity index (χ4n) is 4.20. The molecule has 1 aliphatic carbocycles. The summed E-state index contributed by atoms with van der Waals surface area (Å²) in [7, 11) is 5.70. The van der Waals surface area contributed by atoms with Gasteiger partial charge < -0.3 is 31.0 Å². The largest absolute Gasteiger partial charge is 0.404 e. The Morgan fingerprint density at radius 2 is 1.84 bits per heavy atom. The van der Waals surface area contributed by atoms with Gasteiger partial charge in [-0.2, -0.15) is 0 Å². The van der Waals surface area contributed by atoms with Gasteiger partial charge in [-0.25, -0.2) is 0 Å². The van der Waals surface area contributed by atoms with Gasteiger partial charge in [-0.3, -0.25) is 4.79 Å². The summed E-state index contributed by atoms with van der Waals surface area (Å²) in [6.45, 7) is 9.21. The molecule has 1 saturated carbocycles. The van der Waals surface area contributed by atoms with Crippen LogP contribution in [0.4, 0.5) is 0 Å². The molecule has 180 valence electrons. The van der Waals surface area contributed by atoms with E-state index in [0.717, 1.165) is 70.3 Å². The van der Waals surface area contributed by atoms with Crippen molar-refractivity contribution in [2.24, 2.45) is 23.5 Å². The van der Waals surface area contributed by atoms with Crippen LogP contribution >= 0.6 is 0 Å². The summed E-state index contributed by atoms with van der Waals surface area (Å²) in [5.41, 5.74) is 7.43. The molecule has 0 aliphatic heterocycles. The minimum atomic E-state index is 0.0855. The number of likely N-dealkylation sites (N-methyl/N-ethyl adjacent to an activating group) is 2. The third kappa shape index (κ3) is 10.1. The highest BCUT2D eigenvalue weighted by atomic mass is 16.5. The number of hydrogen-bond acceptors (Lipinski definition) is 6. The Hall–Kier alpha value is -1.44. The van der Waals surface area contributed by atoms with E-state index in [4.69, 9.17) is 15.9 Å². The number of nitrogens with two attached hydrogens (primary N) is 1. The van der Waals surface area contributed by atoms with E-state index in [1.807, 2.05) is 7.05 Å². The van der Waals surface area contributed by atoms with Crippen molar-refractivity contribution in [3.63, 3.8) is 0 Å². The van der Waals surface area contributed by atoms with E-state index in [2.05, 4.69) is 36.0 Å². The quantitative estimate of drug-likeness (QED) is 0.270. The summed E-state index contributed by atoms with van der Waals surface area (Å²) in [5, 5.41) is 11.8. The molecule has 0 radical (unpaired) electrons. The Kier molecular flexibility index (Phi) is 13.7. The molecule has 0 aromatic carbocycles. The number of methoxy groups -OCH3 is 1. The van der Waals surface area contributed by atoms with E-state index in [0.29, 0.717) is 30.7 Å². The SMILES string of the molecule is CNCCN(C)C/C(=C/N)C(=N)C1CCC(C(=O)N(CCCOC)CCC(C)C)CC1. The van der Waals surface area contributed by atoms with Crippen LogP contribution in [0.1, 0.15) is 52.4 Å². The molecule has 0 atom stereocenters. The van der Waals surface area contributed by atoms with Gasteiger partial charge in [-0.1, -0.05) is 13.8 Å². The number of nitrogens with one attached hydrogen (secondary N) is 2. The fraction of sp³-hybridized carbons (Fsp3) is 0.833. The third-order valence-electron chi connectivity index (χ3n) is 6.28. The predicted octanol–water partition coefficient (Wildman–Crippen LogP) is 2.72. The lowest BCUT2D eigenvalue weighted by Crippen LogP contribution is -2.40. The number of amides is 1. The molecule has 1 amide bonds. The van der Waals surface area contributed by atoms with Crippen LogP contribution in [-0.2, 0) is 9.53 Å². The van der Waals surface area contributed by atoms with Crippen LogP contribution in [0.5, 0.6) is 0 Å². The maximum atomic E-state index is 13.2. The van der Waals surface area contributed by atoms with Crippen LogP contribution in [-0.4, -0.2) is 82.0 Å². The van der Waals surface area contributed by atoms with Crippen molar-refractivity contribution in [2.45, 2.75) is 52.4 Å². The average Bonchev–Trinajstić information content (AvgIpc) is 2.77. The van der Waals surface area contributed by atoms with E-state index >= 15 is 0 Å². The first-order valence-electron chi connectivity index (χ1n) is 11.9. The number of rotatable bonds is 15. The number of nitrogens with zero attached hydrogens (tertiary/aromatic N) is 2. The minimum absolute atomic E-state index is 0.0855. The second-order valence-electron chi connectivity index (χ2n) is 9.35. The zero-order chi connectivity index (χ0) is 23.2. The second kappa shape index (κ2) is 15.4. The lowest BCUT2D eigenvalue weighted by atomic mass is 9.77. The predicted molar refractivity (Wildman–Crippen MR) is 129 cm³/mol.